The van der Waals surface area contributed by atoms with E-state index in [1.807, 2.05) is 46.4 Å². The number of rotatable bonds is 2. The molecular formula is C31H37F2N5O2. The Morgan fingerprint density at radius 3 is 2.33 bits per heavy atom. The highest BCUT2D eigenvalue weighted by atomic mass is 19.1. The van der Waals surface area contributed by atoms with Crippen LogP contribution in [0.5, 0.6) is 5.75 Å². The van der Waals surface area contributed by atoms with Gasteiger partial charge in [-0.3, -0.25) is 4.98 Å². The zero-order valence-corrected chi connectivity index (χ0v) is 23.9. The standard InChI is InChI=1S/C25H19F2N5O2.3C2H6/c1-2-16-19(26)6-3-12-7-15(33)8-17(20(12)16)22-21(27)23-18(9-28-22)24(31-25(34)30-23)32-10-13-4-5-14(11-32)29-13;3*1-2/h1,3,6-9,13-14,29,33H,4-5,10-11H2,(H,30,31,34);3*1-2H3. The molecule has 4 heterocycles. The summed E-state index contributed by atoms with van der Waals surface area (Å²) in [5.41, 5.74) is -0.833. The number of aromatic nitrogens is 3. The van der Waals surface area contributed by atoms with E-state index in [-0.39, 0.29) is 33.5 Å². The Morgan fingerprint density at radius 2 is 1.70 bits per heavy atom. The molecule has 2 fully saturated rings. The highest BCUT2D eigenvalue weighted by molar-refractivity contribution is 6.02. The van der Waals surface area contributed by atoms with E-state index in [1.165, 1.54) is 30.5 Å². The van der Waals surface area contributed by atoms with Gasteiger partial charge in [-0.25, -0.2) is 13.6 Å². The first-order valence-corrected chi connectivity index (χ1v) is 13.9. The third-order valence-electron chi connectivity index (χ3n) is 6.67. The molecule has 2 aromatic carbocycles. The van der Waals surface area contributed by atoms with E-state index in [2.05, 4.69) is 26.2 Å². The summed E-state index contributed by atoms with van der Waals surface area (Å²) in [4.78, 5) is 25.4. The van der Waals surface area contributed by atoms with Crippen LogP contribution < -0.4 is 15.9 Å². The minimum Gasteiger partial charge on any atom is -0.508 e. The first-order chi connectivity index (χ1) is 19.4. The first-order valence-electron chi connectivity index (χ1n) is 13.9. The molecule has 0 amide bonds. The monoisotopic (exact) mass is 549 g/mol. The molecule has 2 atom stereocenters. The average Bonchev–Trinajstić information content (AvgIpc) is 3.33. The smallest absolute Gasteiger partial charge is 0.347 e. The lowest BCUT2D eigenvalue weighted by atomic mass is 9.96. The second-order valence-corrected chi connectivity index (χ2v) is 8.78. The van der Waals surface area contributed by atoms with Crippen LogP contribution in [0.4, 0.5) is 14.6 Å². The summed E-state index contributed by atoms with van der Waals surface area (Å²) in [5, 5.41) is 14.8. The molecule has 0 saturated carbocycles. The van der Waals surface area contributed by atoms with Crippen molar-refractivity contribution in [3.63, 3.8) is 0 Å². The Balaban J connectivity index is 0.000000691. The number of hydrogen-bond donors (Lipinski definition) is 3. The second-order valence-electron chi connectivity index (χ2n) is 8.78. The minimum absolute atomic E-state index is 0.0546. The molecule has 6 rings (SSSR count). The fraction of sp³-hybridized carbons (Fsp3) is 0.387. The van der Waals surface area contributed by atoms with Crippen LogP contribution in [0.15, 0.2) is 35.3 Å². The number of piperazine rings is 1. The molecule has 4 aromatic rings. The maximum atomic E-state index is 15.9. The van der Waals surface area contributed by atoms with E-state index < -0.39 is 17.3 Å². The van der Waals surface area contributed by atoms with E-state index in [9.17, 15) is 14.3 Å². The van der Waals surface area contributed by atoms with E-state index in [0.717, 1.165) is 12.8 Å². The van der Waals surface area contributed by atoms with Crippen molar-refractivity contribution in [1.29, 1.82) is 0 Å². The lowest BCUT2D eigenvalue weighted by molar-refractivity contribution is 0.464. The number of H-pyrrole nitrogens is 1. The number of aromatic amines is 1. The van der Waals surface area contributed by atoms with Crippen molar-refractivity contribution < 1.29 is 13.9 Å². The quantitative estimate of drug-likeness (QED) is 0.261. The maximum Gasteiger partial charge on any atom is 0.347 e. The number of aromatic hydroxyl groups is 1. The molecule has 2 aliphatic rings. The molecule has 0 radical (unpaired) electrons. The molecule has 2 aliphatic heterocycles. The Labute approximate surface area is 233 Å². The zero-order valence-electron chi connectivity index (χ0n) is 23.9. The van der Waals surface area contributed by atoms with Crippen molar-refractivity contribution in [3.8, 4) is 29.4 Å². The number of nitrogens with zero attached hydrogens (tertiary/aromatic N) is 3. The van der Waals surface area contributed by atoms with Gasteiger partial charge in [0.05, 0.1) is 16.5 Å². The van der Waals surface area contributed by atoms with Gasteiger partial charge in [0.1, 0.15) is 23.1 Å². The lowest BCUT2D eigenvalue weighted by Crippen LogP contribution is -2.51. The summed E-state index contributed by atoms with van der Waals surface area (Å²) >= 11 is 0. The molecule has 2 aromatic heterocycles. The number of pyridine rings is 1. The molecule has 9 heteroatoms. The largest absolute Gasteiger partial charge is 0.508 e. The maximum absolute atomic E-state index is 15.9. The SMILES string of the molecule is C#Cc1c(F)ccc2cc(O)cc(-c3ncc4c(N5CC6CCC(C5)N6)nc(=O)[nH]c4c3F)c12.CC.CC.CC. The van der Waals surface area contributed by atoms with Gasteiger partial charge >= 0.3 is 5.69 Å². The fourth-order valence-corrected chi connectivity index (χ4v) is 5.22. The number of terminal acetylenes is 1. The average molecular weight is 550 g/mol. The van der Waals surface area contributed by atoms with Gasteiger partial charge in [0.25, 0.3) is 0 Å². The molecule has 7 nitrogen and oxygen atoms in total. The van der Waals surface area contributed by atoms with Crippen LogP contribution in [0.3, 0.4) is 0 Å². The Kier molecular flexibility index (Phi) is 10.2. The van der Waals surface area contributed by atoms with Gasteiger partial charge in [0, 0.05) is 42.3 Å². The number of phenols is 1. The third kappa shape index (κ3) is 5.63. The van der Waals surface area contributed by atoms with Crippen molar-refractivity contribution in [2.45, 2.75) is 66.5 Å². The van der Waals surface area contributed by atoms with Gasteiger partial charge in [0.15, 0.2) is 5.82 Å². The molecule has 0 aliphatic carbocycles. The Morgan fingerprint density at radius 1 is 1.05 bits per heavy atom. The molecule has 212 valence electrons. The van der Waals surface area contributed by atoms with Gasteiger partial charge < -0.3 is 20.3 Å². The number of nitrogens with one attached hydrogen (secondary N) is 2. The minimum atomic E-state index is -0.810. The number of hydrogen-bond acceptors (Lipinski definition) is 6. The summed E-state index contributed by atoms with van der Waals surface area (Å²) in [5.74, 6) is 1.09. The van der Waals surface area contributed by atoms with E-state index in [4.69, 9.17) is 6.42 Å². The second kappa shape index (κ2) is 13.4. The van der Waals surface area contributed by atoms with Gasteiger partial charge in [-0.1, -0.05) is 53.5 Å². The van der Waals surface area contributed by atoms with Crippen LogP contribution in [0.2, 0.25) is 0 Å². The molecule has 0 spiro atoms. The van der Waals surface area contributed by atoms with Crippen LogP contribution in [0.25, 0.3) is 32.9 Å². The normalized spacial score (nSPS) is 17.1. The van der Waals surface area contributed by atoms with Gasteiger partial charge in [0.2, 0.25) is 0 Å². The van der Waals surface area contributed by atoms with Crippen LogP contribution in [-0.2, 0) is 0 Å². The summed E-state index contributed by atoms with van der Waals surface area (Å²) in [6.07, 6.45) is 9.07. The van der Waals surface area contributed by atoms with Crippen molar-refractivity contribution in [1.82, 2.24) is 20.3 Å². The number of fused-ring (bicyclic) bond motifs is 4. The van der Waals surface area contributed by atoms with E-state index in [0.29, 0.717) is 41.8 Å². The molecule has 2 saturated heterocycles. The molecule has 40 heavy (non-hydrogen) atoms. The predicted octanol–water partition coefficient (Wildman–Crippen LogP) is 6.12. The number of halogens is 2. The summed E-state index contributed by atoms with van der Waals surface area (Å²) < 4.78 is 30.4. The Bertz CT molecular complexity index is 1580. The van der Waals surface area contributed by atoms with Crippen molar-refractivity contribution in [2.24, 2.45) is 0 Å². The molecule has 3 N–H and O–H groups in total. The third-order valence-corrected chi connectivity index (χ3v) is 6.67. The van der Waals surface area contributed by atoms with Gasteiger partial charge in [-0.05, 0) is 36.4 Å². The summed E-state index contributed by atoms with van der Waals surface area (Å²) in [7, 11) is 0. The number of phenolic OH excluding ortho intramolecular Hbond substituents is 1. The molecule has 2 bridgehead atoms. The van der Waals surface area contributed by atoms with E-state index in [1.54, 1.807) is 0 Å². The van der Waals surface area contributed by atoms with Crippen LogP contribution in [-0.4, -0.2) is 45.2 Å². The molecular weight excluding hydrogens is 512 g/mol. The predicted molar refractivity (Wildman–Crippen MR) is 159 cm³/mol. The van der Waals surface area contributed by atoms with Crippen molar-refractivity contribution in [2.75, 3.05) is 18.0 Å². The Hall–Kier alpha value is -4.03. The molecule has 2 unspecified atom stereocenters. The zero-order chi connectivity index (χ0) is 29.6. The topological polar surface area (TPSA) is 94.1 Å². The first kappa shape index (κ1) is 30.5. The van der Waals surface area contributed by atoms with Crippen molar-refractivity contribution >= 4 is 27.5 Å². The number of benzene rings is 2. The fourth-order valence-electron chi connectivity index (χ4n) is 5.22. The lowest BCUT2D eigenvalue weighted by Gasteiger charge is -2.34. The van der Waals surface area contributed by atoms with Crippen LogP contribution in [0.1, 0.15) is 59.9 Å². The van der Waals surface area contributed by atoms with Crippen LogP contribution in [0, 0.1) is 24.0 Å². The number of anilines is 1. The van der Waals surface area contributed by atoms with Crippen molar-refractivity contribution in [3.05, 3.63) is 58.1 Å². The van der Waals surface area contributed by atoms with E-state index >= 15 is 4.39 Å². The highest BCUT2D eigenvalue weighted by Gasteiger charge is 2.34. The van der Waals surface area contributed by atoms with Gasteiger partial charge in [-0.15, -0.1) is 6.42 Å². The summed E-state index contributed by atoms with van der Waals surface area (Å²) in [6, 6.07) is 5.94. The van der Waals surface area contributed by atoms with Crippen LogP contribution >= 0.6 is 0 Å². The van der Waals surface area contributed by atoms with Gasteiger partial charge in [-0.2, -0.15) is 4.98 Å². The summed E-state index contributed by atoms with van der Waals surface area (Å²) in [6.45, 7) is 13.3. The highest BCUT2D eigenvalue weighted by Crippen LogP contribution is 2.38.